The summed E-state index contributed by atoms with van der Waals surface area (Å²) in [6, 6.07) is 7.40. The molecule has 0 bridgehead atoms. The van der Waals surface area contributed by atoms with E-state index in [9.17, 15) is 4.79 Å². The molecule has 0 saturated carbocycles. The Morgan fingerprint density at radius 3 is 2.74 bits per heavy atom. The van der Waals surface area contributed by atoms with Gasteiger partial charge in [0.05, 0.1) is 23.5 Å². The van der Waals surface area contributed by atoms with Gasteiger partial charge in [-0.1, -0.05) is 6.07 Å². The highest BCUT2D eigenvalue weighted by Crippen LogP contribution is 2.23. The molecule has 94 valence electrons. The van der Waals surface area contributed by atoms with Crippen LogP contribution in [0, 0.1) is 0 Å². The Morgan fingerprint density at radius 1 is 1.11 bits per heavy atom. The first-order chi connectivity index (χ1) is 9.29. The van der Waals surface area contributed by atoms with Crippen LogP contribution in [0.3, 0.4) is 0 Å². The number of rotatable bonds is 2. The van der Waals surface area contributed by atoms with Crippen molar-refractivity contribution >= 4 is 10.8 Å². The summed E-state index contributed by atoms with van der Waals surface area (Å²) >= 11 is 0. The smallest absolute Gasteiger partial charge is 0.272 e. The molecule has 0 aliphatic heterocycles. The molecule has 3 aromatic rings. The summed E-state index contributed by atoms with van der Waals surface area (Å²) < 4.78 is 0. The first kappa shape index (κ1) is 11.5. The molecule has 0 spiro atoms. The van der Waals surface area contributed by atoms with Crippen molar-refractivity contribution in [1.29, 1.82) is 0 Å². The van der Waals surface area contributed by atoms with Gasteiger partial charge in [0.1, 0.15) is 0 Å². The summed E-state index contributed by atoms with van der Waals surface area (Å²) in [4.78, 5) is 11.7. The third-order valence-electron chi connectivity index (χ3n) is 2.98. The Hall–Kier alpha value is -2.60. The van der Waals surface area contributed by atoms with Crippen LogP contribution in [0.15, 0.2) is 41.5 Å². The van der Waals surface area contributed by atoms with Crippen LogP contribution in [0.5, 0.6) is 0 Å². The van der Waals surface area contributed by atoms with Crippen LogP contribution in [0.4, 0.5) is 0 Å². The Balaban J connectivity index is 2.29. The number of aromatic nitrogens is 4. The largest absolute Gasteiger partial charge is 0.325 e. The molecule has 2 heterocycles. The Bertz CT molecular complexity index is 782. The summed E-state index contributed by atoms with van der Waals surface area (Å²) in [5.74, 6) is 0. The van der Waals surface area contributed by atoms with Crippen molar-refractivity contribution in [3.8, 4) is 11.1 Å². The number of nitrogens with zero attached hydrogens (tertiary/aromatic N) is 3. The minimum absolute atomic E-state index is 0.216. The van der Waals surface area contributed by atoms with E-state index >= 15 is 0 Å². The third kappa shape index (κ3) is 1.98. The van der Waals surface area contributed by atoms with Crippen LogP contribution in [0.1, 0.15) is 5.69 Å². The van der Waals surface area contributed by atoms with Gasteiger partial charge in [-0.05, 0) is 23.8 Å². The predicted molar refractivity (Wildman–Crippen MR) is 71.3 cm³/mol. The highest BCUT2D eigenvalue weighted by atomic mass is 16.1. The van der Waals surface area contributed by atoms with Gasteiger partial charge >= 0.3 is 0 Å². The highest BCUT2D eigenvalue weighted by Gasteiger charge is 2.07. The summed E-state index contributed by atoms with van der Waals surface area (Å²) in [6.07, 6.45) is 3.29. The fraction of sp³-hybridized carbons (Fsp3) is 0.0769. The van der Waals surface area contributed by atoms with Crippen LogP contribution in [-0.4, -0.2) is 20.4 Å². The predicted octanol–water partition coefficient (Wildman–Crippen LogP) is 0.839. The topological polar surface area (TPSA) is 97.5 Å². The van der Waals surface area contributed by atoms with E-state index in [4.69, 9.17) is 5.73 Å². The second-order valence-electron chi connectivity index (χ2n) is 4.10. The third-order valence-corrected chi connectivity index (χ3v) is 2.98. The maximum absolute atomic E-state index is 11.7. The maximum atomic E-state index is 11.7. The number of H-pyrrole nitrogens is 1. The van der Waals surface area contributed by atoms with Crippen molar-refractivity contribution in [2.45, 2.75) is 6.54 Å². The molecule has 0 saturated heterocycles. The van der Waals surface area contributed by atoms with Crippen molar-refractivity contribution in [1.82, 2.24) is 20.4 Å². The molecule has 3 N–H and O–H groups in total. The number of benzene rings is 1. The lowest BCUT2D eigenvalue weighted by Crippen LogP contribution is -2.13. The number of aromatic amines is 1. The number of nitrogens with one attached hydrogen (secondary N) is 1. The number of hydrogen-bond acceptors (Lipinski definition) is 5. The lowest BCUT2D eigenvalue weighted by molar-refractivity contribution is 0.900. The monoisotopic (exact) mass is 253 g/mol. The van der Waals surface area contributed by atoms with E-state index in [0.717, 1.165) is 16.5 Å². The summed E-state index contributed by atoms with van der Waals surface area (Å²) in [5, 5.41) is 15.3. The SMILES string of the molecule is NCc1n[nH]c(=O)c2ccc(-c3ccnnc3)cc12. The highest BCUT2D eigenvalue weighted by molar-refractivity contribution is 5.88. The molecule has 0 radical (unpaired) electrons. The minimum atomic E-state index is -0.216. The van der Waals surface area contributed by atoms with E-state index in [-0.39, 0.29) is 12.1 Å². The molecule has 0 amide bonds. The standard InChI is InChI=1S/C13H11N5O/c14-6-12-11-5-8(9-3-4-15-16-7-9)1-2-10(11)13(19)18-17-12/h1-5,7H,6,14H2,(H,18,19). The average Bonchev–Trinajstić information content (AvgIpc) is 2.48. The van der Waals surface area contributed by atoms with E-state index in [2.05, 4.69) is 20.4 Å². The zero-order valence-electron chi connectivity index (χ0n) is 10.00. The van der Waals surface area contributed by atoms with Crippen molar-refractivity contribution in [2.24, 2.45) is 5.73 Å². The van der Waals surface area contributed by atoms with Gasteiger partial charge in [0.2, 0.25) is 0 Å². The summed E-state index contributed by atoms with van der Waals surface area (Å²) in [7, 11) is 0. The lowest BCUT2D eigenvalue weighted by Gasteiger charge is -2.05. The van der Waals surface area contributed by atoms with E-state index in [0.29, 0.717) is 11.1 Å². The van der Waals surface area contributed by atoms with Gasteiger partial charge in [-0.3, -0.25) is 4.79 Å². The van der Waals surface area contributed by atoms with Crippen LogP contribution in [0.25, 0.3) is 21.9 Å². The second-order valence-corrected chi connectivity index (χ2v) is 4.10. The van der Waals surface area contributed by atoms with Gasteiger partial charge in [0, 0.05) is 17.5 Å². The zero-order valence-corrected chi connectivity index (χ0v) is 10.00. The first-order valence-electron chi connectivity index (χ1n) is 5.78. The quantitative estimate of drug-likeness (QED) is 0.705. The van der Waals surface area contributed by atoms with Gasteiger partial charge in [-0.2, -0.15) is 15.3 Å². The van der Waals surface area contributed by atoms with Gasteiger partial charge in [-0.15, -0.1) is 0 Å². The lowest BCUT2D eigenvalue weighted by atomic mass is 10.0. The van der Waals surface area contributed by atoms with Gasteiger partial charge < -0.3 is 5.73 Å². The number of hydrogen-bond donors (Lipinski definition) is 2. The number of nitrogens with two attached hydrogens (primary N) is 1. The fourth-order valence-corrected chi connectivity index (χ4v) is 2.02. The second kappa shape index (κ2) is 4.58. The zero-order chi connectivity index (χ0) is 13.2. The first-order valence-corrected chi connectivity index (χ1v) is 5.78. The van der Waals surface area contributed by atoms with E-state index < -0.39 is 0 Å². The van der Waals surface area contributed by atoms with Crippen LogP contribution in [0.2, 0.25) is 0 Å². The molecule has 2 aromatic heterocycles. The molecule has 6 nitrogen and oxygen atoms in total. The molecule has 0 atom stereocenters. The molecule has 0 unspecified atom stereocenters. The van der Waals surface area contributed by atoms with E-state index in [1.165, 1.54) is 0 Å². The Labute approximate surface area is 108 Å². The van der Waals surface area contributed by atoms with Crippen LogP contribution in [-0.2, 0) is 6.54 Å². The molecule has 19 heavy (non-hydrogen) atoms. The van der Waals surface area contributed by atoms with Crippen molar-refractivity contribution in [2.75, 3.05) is 0 Å². The minimum Gasteiger partial charge on any atom is -0.325 e. The molecule has 0 aliphatic carbocycles. The molecule has 0 aliphatic rings. The molecule has 0 fully saturated rings. The van der Waals surface area contributed by atoms with Gasteiger partial charge in [0.15, 0.2) is 0 Å². The summed E-state index contributed by atoms with van der Waals surface area (Å²) in [6.45, 7) is 0.269. The van der Waals surface area contributed by atoms with E-state index in [1.807, 2.05) is 18.2 Å². The number of fused-ring (bicyclic) bond motifs is 1. The molecule has 3 rings (SSSR count). The average molecular weight is 253 g/mol. The maximum Gasteiger partial charge on any atom is 0.272 e. The molecule has 6 heteroatoms. The Kier molecular flexibility index (Phi) is 2.77. The van der Waals surface area contributed by atoms with Crippen LogP contribution >= 0.6 is 0 Å². The molecular weight excluding hydrogens is 242 g/mol. The summed E-state index contributed by atoms with van der Waals surface area (Å²) in [5.41, 5.74) is 7.98. The normalized spacial score (nSPS) is 10.8. The van der Waals surface area contributed by atoms with Crippen molar-refractivity contribution in [3.05, 3.63) is 52.7 Å². The fourth-order valence-electron chi connectivity index (χ4n) is 2.02. The van der Waals surface area contributed by atoms with Crippen molar-refractivity contribution in [3.63, 3.8) is 0 Å². The molecular formula is C13H11N5O. The molecule has 1 aromatic carbocycles. The van der Waals surface area contributed by atoms with E-state index in [1.54, 1.807) is 18.5 Å². The van der Waals surface area contributed by atoms with Crippen LogP contribution < -0.4 is 11.3 Å². The Morgan fingerprint density at radius 2 is 2.00 bits per heavy atom. The van der Waals surface area contributed by atoms with Gasteiger partial charge in [-0.25, -0.2) is 5.10 Å². The van der Waals surface area contributed by atoms with Gasteiger partial charge in [0.25, 0.3) is 5.56 Å². The van der Waals surface area contributed by atoms with Crippen molar-refractivity contribution < 1.29 is 0 Å².